The number of aromatic amines is 1. The molecule has 0 saturated carbocycles. The van der Waals surface area contributed by atoms with E-state index in [0.29, 0.717) is 22.0 Å². The van der Waals surface area contributed by atoms with Gasteiger partial charge in [0, 0.05) is 6.54 Å². The van der Waals surface area contributed by atoms with Crippen LogP contribution in [0.25, 0.3) is 11.4 Å². The Morgan fingerprint density at radius 1 is 1.44 bits per heavy atom. The van der Waals surface area contributed by atoms with E-state index in [1.54, 1.807) is 0 Å². The third kappa shape index (κ3) is 1.48. The van der Waals surface area contributed by atoms with Gasteiger partial charge in [-0.2, -0.15) is 15.5 Å². The zero-order valence-corrected chi connectivity index (χ0v) is 10.3. The molecule has 0 spiro atoms. The zero-order valence-electron chi connectivity index (χ0n) is 9.57. The predicted molar refractivity (Wildman–Crippen MR) is 66.9 cm³/mol. The highest BCUT2D eigenvalue weighted by Crippen LogP contribution is 2.34. The number of nitrogens with one attached hydrogen (secondary N) is 1. The first-order valence-electron chi connectivity index (χ1n) is 5.72. The summed E-state index contributed by atoms with van der Waals surface area (Å²) in [5.74, 6) is 0.175. The van der Waals surface area contributed by atoms with Gasteiger partial charge in [0.1, 0.15) is 23.0 Å². The van der Waals surface area contributed by atoms with Crippen molar-refractivity contribution in [3.05, 3.63) is 16.3 Å². The molecule has 0 saturated heterocycles. The second kappa shape index (κ2) is 4.03. The molecular formula is C11H11ClN6. The Balaban J connectivity index is 2.18. The van der Waals surface area contributed by atoms with Crippen LogP contribution in [0, 0.1) is 11.3 Å². The first kappa shape index (κ1) is 11.1. The molecule has 0 aliphatic carbocycles. The molecule has 2 aromatic rings. The Hall–Kier alpha value is -2.00. The molecule has 7 heteroatoms. The highest BCUT2D eigenvalue weighted by Gasteiger charge is 2.23. The van der Waals surface area contributed by atoms with E-state index in [1.807, 2.05) is 10.8 Å². The first-order valence-corrected chi connectivity index (χ1v) is 6.09. The summed E-state index contributed by atoms with van der Waals surface area (Å²) < 4.78 is 1.90. The number of hydrogen-bond donors (Lipinski definition) is 2. The summed E-state index contributed by atoms with van der Waals surface area (Å²) in [6.07, 6.45) is 3.12. The van der Waals surface area contributed by atoms with E-state index in [4.69, 9.17) is 22.6 Å². The van der Waals surface area contributed by atoms with Gasteiger partial charge in [0.15, 0.2) is 5.82 Å². The van der Waals surface area contributed by atoms with Crippen LogP contribution in [0.15, 0.2) is 0 Å². The van der Waals surface area contributed by atoms with Crippen LogP contribution in [0.1, 0.15) is 24.1 Å². The molecule has 0 fully saturated rings. The van der Waals surface area contributed by atoms with Crippen molar-refractivity contribution in [2.24, 2.45) is 0 Å². The van der Waals surface area contributed by atoms with E-state index < -0.39 is 0 Å². The molecule has 0 atom stereocenters. The molecule has 0 radical (unpaired) electrons. The van der Waals surface area contributed by atoms with Crippen LogP contribution in [0.4, 0.5) is 5.82 Å². The molecule has 3 N–H and O–H groups in total. The molecule has 6 nitrogen and oxygen atoms in total. The highest BCUT2D eigenvalue weighted by atomic mass is 35.5. The number of nitrogen functional groups attached to an aromatic ring is 1. The van der Waals surface area contributed by atoms with Crippen molar-refractivity contribution in [1.29, 1.82) is 5.26 Å². The molecule has 18 heavy (non-hydrogen) atoms. The number of halogens is 1. The van der Waals surface area contributed by atoms with E-state index >= 15 is 0 Å². The van der Waals surface area contributed by atoms with E-state index in [-0.39, 0.29) is 5.82 Å². The van der Waals surface area contributed by atoms with Gasteiger partial charge in [-0.15, -0.1) is 0 Å². The van der Waals surface area contributed by atoms with Gasteiger partial charge in [-0.3, -0.25) is 9.78 Å². The van der Waals surface area contributed by atoms with Gasteiger partial charge in [-0.25, -0.2) is 0 Å². The maximum atomic E-state index is 9.08. The Morgan fingerprint density at radius 2 is 2.28 bits per heavy atom. The fraction of sp³-hybridized carbons (Fsp3) is 0.364. The molecular weight excluding hydrogens is 252 g/mol. The number of nitriles is 1. The summed E-state index contributed by atoms with van der Waals surface area (Å²) in [6.45, 7) is 0.862. The minimum atomic E-state index is 0.175. The minimum absolute atomic E-state index is 0.175. The summed E-state index contributed by atoms with van der Waals surface area (Å²) in [7, 11) is 0. The number of hydrogen-bond acceptors (Lipinski definition) is 4. The van der Waals surface area contributed by atoms with E-state index in [0.717, 1.165) is 31.5 Å². The van der Waals surface area contributed by atoms with Crippen molar-refractivity contribution >= 4 is 17.4 Å². The summed E-state index contributed by atoms with van der Waals surface area (Å²) in [6, 6.07) is 2.02. The van der Waals surface area contributed by atoms with Crippen molar-refractivity contribution in [1.82, 2.24) is 20.0 Å². The Kier molecular flexibility index (Phi) is 2.49. The lowest BCUT2D eigenvalue weighted by atomic mass is 10.1. The van der Waals surface area contributed by atoms with Crippen LogP contribution >= 0.6 is 11.6 Å². The summed E-state index contributed by atoms with van der Waals surface area (Å²) in [4.78, 5) is 0. The SMILES string of the molecule is N#Cc1c(N)n[nH]c1-c1nn2c(c1Cl)CCCC2. The van der Waals surface area contributed by atoms with Gasteiger partial charge < -0.3 is 5.73 Å². The second-order valence-corrected chi connectivity index (χ2v) is 4.64. The zero-order chi connectivity index (χ0) is 12.7. The number of fused-ring (bicyclic) bond motifs is 1. The molecule has 0 unspecified atom stereocenters. The van der Waals surface area contributed by atoms with Crippen molar-refractivity contribution < 1.29 is 0 Å². The number of H-pyrrole nitrogens is 1. The third-order valence-corrected chi connectivity index (χ3v) is 3.57. The molecule has 1 aliphatic heterocycles. The Morgan fingerprint density at radius 3 is 3.00 bits per heavy atom. The first-order chi connectivity index (χ1) is 8.72. The fourth-order valence-electron chi connectivity index (χ4n) is 2.25. The lowest BCUT2D eigenvalue weighted by Gasteiger charge is -2.12. The quantitative estimate of drug-likeness (QED) is 0.818. The molecule has 3 heterocycles. The molecule has 0 aromatic carbocycles. The molecule has 0 bridgehead atoms. The fourth-order valence-corrected chi connectivity index (χ4v) is 2.58. The number of aryl methyl sites for hydroxylation is 1. The van der Waals surface area contributed by atoms with Crippen LogP contribution in [0.2, 0.25) is 5.02 Å². The number of rotatable bonds is 1. The Labute approximate surface area is 108 Å². The van der Waals surface area contributed by atoms with Gasteiger partial charge in [-0.1, -0.05) is 11.6 Å². The van der Waals surface area contributed by atoms with Crippen LogP contribution in [0.5, 0.6) is 0 Å². The molecule has 92 valence electrons. The maximum absolute atomic E-state index is 9.08. The van der Waals surface area contributed by atoms with E-state index in [2.05, 4.69) is 15.3 Å². The monoisotopic (exact) mass is 262 g/mol. The van der Waals surface area contributed by atoms with Gasteiger partial charge in [0.05, 0.1) is 10.7 Å². The second-order valence-electron chi connectivity index (χ2n) is 4.26. The van der Waals surface area contributed by atoms with Gasteiger partial charge in [-0.05, 0) is 19.3 Å². The van der Waals surface area contributed by atoms with Crippen LogP contribution in [-0.2, 0) is 13.0 Å². The van der Waals surface area contributed by atoms with E-state index in [1.165, 1.54) is 0 Å². The lowest BCUT2D eigenvalue weighted by molar-refractivity contribution is 0.487. The average molecular weight is 263 g/mol. The Bertz CT molecular complexity index is 647. The van der Waals surface area contributed by atoms with E-state index in [9.17, 15) is 0 Å². The van der Waals surface area contributed by atoms with Gasteiger partial charge >= 0.3 is 0 Å². The van der Waals surface area contributed by atoms with Gasteiger partial charge in [0.2, 0.25) is 0 Å². The normalized spacial score (nSPS) is 14.2. The highest BCUT2D eigenvalue weighted by molar-refractivity contribution is 6.33. The lowest BCUT2D eigenvalue weighted by Crippen LogP contribution is -2.10. The topological polar surface area (TPSA) is 96.3 Å². The summed E-state index contributed by atoms with van der Waals surface area (Å²) in [5.41, 5.74) is 8.01. The predicted octanol–water partition coefficient (Wildman–Crippen LogP) is 1.72. The number of anilines is 1. The molecule has 3 rings (SSSR count). The number of nitrogens with two attached hydrogens (primary N) is 1. The van der Waals surface area contributed by atoms with Gasteiger partial charge in [0.25, 0.3) is 0 Å². The largest absolute Gasteiger partial charge is 0.381 e. The molecule has 2 aromatic heterocycles. The maximum Gasteiger partial charge on any atom is 0.163 e. The molecule has 0 amide bonds. The summed E-state index contributed by atoms with van der Waals surface area (Å²) >= 11 is 6.33. The van der Waals surface area contributed by atoms with Crippen molar-refractivity contribution in [2.75, 3.05) is 5.73 Å². The smallest absolute Gasteiger partial charge is 0.163 e. The summed E-state index contributed by atoms with van der Waals surface area (Å²) in [5, 5.41) is 20.7. The third-order valence-electron chi connectivity index (χ3n) is 3.17. The van der Waals surface area contributed by atoms with Crippen molar-refractivity contribution in [3.8, 4) is 17.5 Å². The van der Waals surface area contributed by atoms with Crippen molar-refractivity contribution in [3.63, 3.8) is 0 Å². The van der Waals surface area contributed by atoms with Crippen molar-refractivity contribution in [2.45, 2.75) is 25.8 Å². The number of aromatic nitrogens is 4. The van der Waals surface area contributed by atoms with Crippen LogP contribution < -0.4 is 5.73 Å². The standard InChI is InChI=1S/C11H11ClN6/c12-8-7-3-1-2-4-18(7)17-10(8)9-6(5-13)11(14)16-15-9/h1-4H2,(H3,14,15,16). The van der Waals surface area contributed by atoms with Crippen LogP contribution in [0.3, 0.4) is 0 Å². The average Bonchev–Trinajstić information content (AvgIpc) is 2.91. The molecule has 1 aliphatic rings. The number of nitrogens with zero attached hydrogens (tertiary/aromatic N) is 4. The van der Waals surface area contributed by atoms with Crippen LogP contribution in [-0.4, -0.2) is 20.0 Å². The minimum Gasteiger partial charge on any atom is -0.381 e.